The number of para-hydroxylation sites is 2. The molecule has 2 aliphatic heterocycles. The fourth-order valence-corrected chi connectivity index (χ4v) is 12.5. The molecule has 0 saturated heterocycles. The monoisotopic (exact) mass is 896 g/mol. The Bertz CT molecular complexity index is 3900. The van der Waals surface area contributed by atoms with Crippen LogP contribution < -0.4 is 9.80 Å². The van der Waals surface area contributed by atoms with E-state index in [-0.39, 0.29) is 0 Å². The molecule has 10 aromatic rings. The summed E-state index contributed by atoms with van der Waals surface area (Å²) < 4.78 is 0. The molecule has 2 aliphatic carbocycles. The molecule has 0 amide bonds. The summed E-state index contributed by atoms with van der Waals surface area (Å²) in [6.07, 6.45) is 18.2. The van der Waals surface area contributed by atoms with Gasteiger partial charge in [0, 0.05) is 34.1 Å². The van der Waals surface area contributed by atoms with Crippen LogP contribution >= 0.6 is 0 Å². The first kappa shape index (κ1) is 40.8. The first-order chi connectivity index (χ1) is 34.7. The van der Waals surface area contributed by atoms with Gasteiger partial charge in [0.1, 0.15) is 0 Å². The van der Waals surface area contributed by atoms with E-state index in [9.17, 15) is 0 Å². The molecule has 2 heteroatoms. The van der Waals surface area contributed by atoms with Gasteiger partial charge in [-0.15, -0.1) is 0 Å². The summed E-state index contributed by atoms with van der Waals surface area (Å²) in [7, 11) is 0. The average molecular weight is 897 g/mol. The highest BCUT2D eigenvalue weighted by Crippen LogP contribution is 2.52. The third-order valence-electron chi connectivity index (χ3n) is 15.8. The van der Waals surface area contributed by atoms with Gasteiger partial charge in [-0.05, 0) is 199 Å². The van der Waals surface area contributed by atoms with Crippen molar-refractivity contribution >= 4 is 65.8 Å². The van der Waals surface area contributed by atoms with Gasteiger partial charge in [-0.2, -0.15) is 0 Å². The quantitative estimate of drug-likeness (QED) is 0.159. The molecule has 0 atom stereocenters. The van der Waals surface area contributed by atoms with E-state index in [4.69, 9.17) is 0 Å². The van der Waals surface area contributed by atoms with Crippen molar-refractivity contribution in [1.29, 1.82) is 0 Å². The molecule has 334 valence electrons. The lowest BCUT2D eigenvalue weighted by Gasteiger charge is -2.31. The molecule has 0 spiro atoms. The second-order valence-corrected chi connectivity index (χ2v) is 19.6. The molecule has 0 fully saturated rings. The highest BCUT2D eigenvalue weighted by molar-refractivity contribution is 6.26. The molecule has 0 bridgehead atoms. The van der Waals surface area contributed by atoms with Crippen molar-refractivity contribution in [2.75, 3.05) is 9.80 Å². The van der Waals surface area contributed by atoms with Crippen molar-refractivity contribution in [2.24, 2.45) is 0 Å². The average Bonchev–Trinajstić information content (AvgIpc) is 3.70. The first-order valence-corrected chi connectivity index (χ1v) is 25.4. The predicted octanol–water partition coefficient (Wildman–Crippen LogP) is 18.7. The summed E-state index contributed by atoms with van der Waals surface area (Å²) in [6.45, 7) is 0. The zero-order chi connectivity index (χ0) is 46.1. The summed E-state index contributed by atoms with van der Waals surface area (Å²) in [4.78, 5) is 5.16. The van der Waals surface area contributed by atoms with E-state index < -0.39 is 0 Å². The van der Waals surface area contributed by atoms with E-state index in [1.807, 2.05) is 0 Å². The Labute approximate surface area is 410 Å². The van der Waals surface area contributed by atoms with Gasteiger partial charge in [-0.1, -0.05) is 170 Å². The van der Waals surface area contributed by atoms with Crippen LogP contribution in [0.15, 0.2) is 241 Å². The number of nitrogens with zero attached hydrogens (tertiary/aromatic N) is 2. The van der Waals surface area contributed by atoms with E-state index >= 15 is 0 Å². The van der Waals surface area contributed by atoms with E-state index in [1.54, 1.807) is 11.1 Å². The fraction of sp³-hybridized carbons (Fsp3) is 0.118. The van der Waals surface area contributed by atoms with Gasteiger partial charge in [0.2, 0.25) is 0 Å². The van der Waals surface area contributed by atoms with Crippen molar-refractivity contribution in [1.82, 2.24) is 0 Å². The Morgan fingerprint density at radius 3 is 1.41 bits per heavy atom. The van der Waals surface area contributed by atoms with Crippen molar-refractivity contribution in [3.8, 4) is 33.4 Å². The Hall–Kier alpha value is -8.20. The van der Waals surface area contributed by atoms with Crippen LogP contribution in [-0.4, -0.2) is 0 Å². The van der Waals surface area contributed by atoms with Gasteiger partial charge in [0.05, 0.1) is 0 Å². The maximum atomic E-state index is 2.58. The van der Waals surface area contributed by atoms with Crippen LogP contribution in [0.3, 0.4) is 0 Å². The van der Waals surface area contributed by atoms with Crippen LogP contribution in [0.1, 0.15) is 49.7 Å². The van der Waals surface area contributed by atoms with E-state index in [0.29, 0.717) is 0 Å². The molecular formula is C68H52N2. The van der Waals surface area contributed by atoms with Crippen molar-refractivity contribution in [2.45, 2.75) is 51.4 Å². The number of hydrogen-bond acceptors (Lipinski definition) is 2. The summed E-state index contributed by atoms with van der Waals surface area (Å²) in [5.74, 6) is 0. The highest BCUT2D eigenvalue weighted by Gasteiger charge is 2.29. The Morgan fingerprint density at radius 1 is 0.314 bits per heavy atom. The molecule has 10 aromatic carbocycles. The third kappa shape index (κ3) is 6.61. The topological polar surface area (TPSA) is 6.48 Å². The van der Waals surface area contributed by atoms with Crippen LogP contribution in [0.2, 0.25) is 0 Å². The van der Waals surface area contributed by atoms with Gasteiger partial charge in [0.15, 0.2) is 0 Å². The predicted molar refractivity (Wildman–Crippen MR) is 297 cm³/mol. The molecule has 4 aliphatic rings. The van der Waals surface area contributed by atoms with Gasteiger partial charge in [-0.3, -0.25) is 0 Å². The third-order valence-corrected chi connectivity index (χ3v) is 15.8. The Balaban J connectivity index is 1.13. The second-order valence-electron chi connectivity index (χ2n) is 19.6. The highest BCUT2D eigenvalue weighted by atomic mass is 15.2. The molecule has 0 unspecified atom stereocenters. The minimum atomic E-state index is 1.05. The second kappa shape index (κ2) is 16.8. The Morgan fingerprint density at radius 2 is 0.800 bits per heavy atom. The van der Waals surface area contributed by atoms with Crippen LogP contribution in [-0.2, 0) is 12.8 Å². The number of benzene rings is 10. The molecule has 0 N–H and O–H groups in total. The summed E-state index contributed by atoms with van der Waals surface area (Å²) >= 11 is 0. The van der Waals surface area contributed by atoms with E-state index in [2.05, 4.69) is 228 Å². The maximum absolute atomic E-state index is 2.58. The van der Waals surface area contributed by atoms with Crippen LogP contribution in [0.4, 0.5) is 22.7 Å². The molecular weight excluding hydrogens is 845 g/mol. The molecule has 14 rings (SSSR count). The van der Waals surface area contributed by atoms with Gasteiger partial charge < -0.3 is 9.80 Å². The van der Waals surface area contributed by atoms with E-state index in [0.717, 1.165) is 51.4 Å². The minimum Gasteiger partial charge on any atom is -0.310 e. The SMILES string of the molecule is C1=CC2=C(CC1)CCc1ccccc1N2c1ccc2c(-c3ccc(-c4ccccc4)c4ccccc34)c3cc(N4C5=C(CCC=C5)CCc5ccccc54)ccc3c(-c3cccc4ccccc34)c2c1. The molecule has 70 heavy (non-hydrogen) atoms. The number of rotatable bonds is 5. The van der Waals surface area contributed by atoms with Crippen LogP contribution in [0.5, 0.6) is 0 Å². The van der Waals surface area contributed by atoms with Crippen LogP contribution in [0, 0.1) is 0 Å². The molecule has 2 nitrogen and oxygen atoms in total. The molecule has 0 aromatic heterocycles. The fourth-order valence-electron chi connectivity index (χ4n) is 12.5. The van der Waals surface area contributed by atoms with Crippen molar-refractivity contribution in [3.05, 3.63) is 252 Å². The van der Waals surface area contributed by atoms with Crippen molar-refractivity contribution < 1.29 is 0 Å². The standard InChI is InChI=1S/C68H52N2/c1-2-17-45(18-3-1)54-41-42-58(56-27-11-10-26-55(54)56)68-60-40-38-51(69-63-29-12-5-20-47(63)33-34-48-21-6-13-30-64(48)69)43-61(60)67(57-28-16-24-46-19-4-9-25-53(46)57)59-39-37-52(44-62(59)68)70-65-31-14-7-22-49(65)35-36-50-23-8-15-32-66(50)70/h1-5,7,9-20,22,24-32,37-44H,6,8,21,23,33-36H2. The van der Waals surface area contributed by atoms with Gasteiger partial charge >= 0.3 is 0 Å². The zero-order valence-corrected chi connectivity index (χ0v) is 39.3. The summed E-state index contributed by atoms with van der Waals surface area (Å²) in [6, 6.07) is 73.6. The lowest BCUT2D eigenvalue weighted by Crippen LogP contribution is -2.18. The zero-order valence-electron chi connectivity index (χ0n) is 39.3. The first-order valence-electron chi connectivity index (χ1n) is 25.4. The van der Waals surface area contributed by atoms with E-state index in [1.165, 1.54) is 122 Å². The molecule has 0 radical (unpaired) electrons. The largest absolute Gasteiger partial charge is 0.310 e. The normalized spacial score (nSPS) is 15.5. The van der Waals surface area contributed by atoms with Crippen molar-refractivity contribution in [3.63, 3.8) is 0 Å². The lowest BCUT2D eigenvalue weighted by molar-refractivity contribution is 0.833. The van der Waals surface area contributed by atoms with Crippen LogP contribution in [0.25, 0.3) is 76.5 Å². The number of aryl methyl sites for hydroxylation is 2. The lowest BCUT2D eigenvalue weighted by atomic mass is 9.82. The number of allylic oxidation sites excluding steroid dienone is 6. The Kier molecular flexibility index (Phi) is 9.79. The van der Waals surface area contributed by atoms with Gasteiger partial charge in [0.25, 0.3) is 0 Å². The number of fused-ring (bicyclic) bond motifs is 6. The molecule has 2 heterocycles. The number of hydrogen-bond donors (Lipinski definition) is 0. The maximum Gasteiger partial charge on any atom is 0.0493 e. The minimum absolute atomic E-state index is 1.05. The summed E-state index contributed by atoms with van der Waals surface area (Å²) in [5.41, 5.74) is 21.0. The molecule has 0 saturated carbocycles. The summed E-state index contributed by atoms with van der Waals surface area (Å²) in [5, 5.41) is 10.0. The van der Waals surface area contributed by atoms with Gasteiger partial charge in [-0.25, -0.2) is 0 Å². The number of anilines is 4. The smallest absolute Gasteiger partial charge is 0.0493 e.